The summed E-state index contributed by atoms with van der Waals surface area (Å²) in [5, 5.41) is 0. The molecule has 2 nitrogen and oxygen atoms in total. The Labute approximate surface area is 404 Å². The highest BCUT2D eigenvalue weighted by Gasteiger charge is 2.02. The highest BCUT2D eigenvalue weighted by atomic mass is 16.5. The predicted octanol–water partition coefficient (Wildman–Crippen LogP) is 22.6. The molecule has 0 saturated carbocycles. The van der Waals surface area contributed by atoms with Gasteiger partial charge in [-0.25, -0.2) is 0 Å². The summed E-state index contributed by atoms with van der Waals surface area (Å²) in [6.45, 7) is 6.22. The van der Waals surface area contributed by atoms with Crippen molar-refractivity contribution in [3.05, 3.63) is 24.3 Å². The molecule has 0 aliphatic rings. The molecule has 1 rings (SSSR count). The van der Waals surface area contributed by atoms with E-state index in [4.69, 9.17) is 9.47 Å². The SMILES string of the molecule is CCCCCCCCCCCCCCCCCCCCCCCCCCCCOc1c[c]cc(OCCCCCCCCCCCCCCCCCCCCCCCCCCCC)c1. The van der Waals surface area contributed by atoms with E-state index < -0.39 is 0 Å². The van der Waals surface area contributed by atoms with E-state index in [-0.39, 0.29) is 0 Å². The molecular formula is C62H117O2. The van der Waals surface area contributed by atoms with Gasteiger partial charge in [-0.2, -0.15) is 0 Å². The molecular weight excluding hydrogens is 777 g/mol. The van der Waals surface area contributed by atoms with Gasteiger partial charge in [0.05, 0.1) is 13.2 Å². The molecule has 0 fully saturated rings. The van der Waals surface area contributed by atoms with Gasteiger partial charge in [-0.15, -0.1) is 0 Å². The Morgan fingerprint density at radius 1 is 0.234 bits per heavy atom. The average molecular weight is 895 g/mol. The van der Waals surface area contributed by atoms with Crippen molar-refractivity contribution in [3.8, 4) is 11.5 Å². The van der Waals surface area contributed by atoms with Gasteiger partial charge >= 0.3 is 0 Å². The fourth-order valence-electron chi connectivity index (χ4n) is 9.81. The Bertz CT molecular complexity index is 900. The number of hydrogen-bond acceptors (Lipinski definition) is 2. The fourth-order valence-corrected chi connectivity index (χ4v) is 9.81. The second-order valence-corrected chi connectivity index (χ2v) is 20.8. The minimum Gasteiger partial charge on any atom is -0.493 e. The first-order valence-corrected chi connectivity index (χ1v) is 30.1. The Hall–Kier alpha value is -1.18. The lowest BCUT2D eigenvalue weighted by Gasteiger charge is -2.10. The molecule has 0 atom stereocenters. The van der Waals surface area contributed by atoms with Crippen LogP contribution in [0.1, 0.15) is 348 Å². The van der Waals surface area contributed by atoms with Crippen LogP contribution in [0.4, 0.5) is 0 Å². The lowest BCUT2D eigenvalue weighted by atomic mass is 10.0. The van der Waals surface area contributed by atoms with Crippen LogP contribution in [0.2, 0.25) is 0 Å². The second kappa shape index (κ2) is 54.4. The second-order valence-electron chi connectivity index (χ2n) is 20.8. The molecule has 1 aromatic rings. The van der Waals surface area contributed by atoms with Crippen molar-refractivity contribution < 1.29 is 9.47 Å². The van der Waals surface area contributed by atoms with Crippen molar-refractivity contribution in [2.45, 2.75) is 348 Å². The number of ether oxygens (including phenoxy) is 2. The third-order valence-electron chi connectivity index (χ3n) is 14.3. The summed E-state index contributed by atoms with van der Waals surface area (Å²) in [6, 6.07) is 9.18. The highest BCUT2D eigenvalue weighted by Crippen LogP contribution is 2.22. The van der Waals surface area contributed by atoms with Crippen molar-refractivity contribution in [1.82, 2.24) is 0 Å². The molecule has 0 heterocycles. The quantitative estimate of drug-likeness (QED) is 0.0607. The zero-order valence-electron chi connectivity index (χ0n) is 44.2. The largest absolute Gasteiger partial charge is 0.493 e. The minimum atomic E-state index is 0.802. The topological polar surface area (TPSA) is 18.5 Å². The van der Waals surface area contributed by atoms with E-state index in [2.05, 4.69) is 26.0 Å². The van der Waals surface area contributed by atoms with Gasteiger partial charge in [-0.05, 0) is 31.0 Å². The van der Waals surface area contributed by atoms with Crippen molar-refractivity contribution in [2.75, 3.05) is 13.2 Å². The van der Waals surface area contributed by atoms with Gasteiger partial charge in [0.25, 0.3) is 0 Å². The molecule has 1 aromatic carbocycles. The summed E-state index contributed by atoms with van der Waals surface area (Å²) in [4.78, 5) is 0. The molecule has 0 aliphatic carbocycles. The van der Waals surface area contributed by atoms with Gasteiger partial charge in [-0.1, -0.05) is 335 Å². The minimum absolute atomic E-state index is 0.802. The van der Waals surface area contributed by atoms with Crippen LogP contribution in [0, 0.1) is 6.07 Å². The van der Waals surface area contributed by atoms with Crippen LogP contribution in [0.15, 0.2) is 18.2 Å². The van der Waals surface area contributed by atoms with Gasteiger partial charge in [0, 0.05) is 6.07 Å². The van der Waals surface area contributed by atoms with E-state index in [0.717, 1.165) is 37.6 Å². The van der Waals surface area contributed by atoms with Crippen molar-refractivity contribution in [1.29, 1.82) is 0 Å². The summed E-state index contributed by atoms with van der Waals surface area (Å²) in [5.41, 5.74) is 0. The van der Waals surface area contributed by atoms with Crippen LogP contribution in [0.3, 0.4) is 0 Å². The third-order valence-corrected chi connectivity index (χ3v) is 14.3. The van der Waals surface area contributed by atoms with E-state index >= 15 is 0 Å². The lowest BCUT2D eigenvalue weighted by molar-refractivity contribution is 0.289. The molecule has 0 N–H and O–H groups in total. The molecule has 1 radical (unpaired) electrons. The Morgan fingerprint density at radius 2 is 0.391 bits per heavy atom. The molecule has 0 bridgehead atoms. The van der Waals surface area contributed by atoms with Gasteiger partial charge in [-0.3, -0.25) is 0 Å². The molecule has 377 valence electrons. The van der Waals surface area contributed by atoms with Crippen LogP contribution in [0.5, 0.6) is 11.5 Å². The smallest absolute Gasteiger partial charge is 0.123 e. The monoisotopic (exact) mass is 894 g/mol. The van der Waals surface area contributed by atoms with Crippen molar-refractivity contribution >= 4 is 0 Å². The standard InChI is InChI=1S/C62H117O2/c1-3-5-7-9-11-13-15-17-19-21-23-25-27-29-31-33-35-37-39-41-43-45-47-49-51-53-58-63-61-56-55-57-62(60-61)64-59-54-52-50-48-46-44-42-40-38-36-34-32-30-28-26-24-22-20-18-16-14-12-10-8-6-4-2/h56-57,60H,3-54,58-59H2,1-2H3. The van der Waals surface area contributed by atoms with E-state index in [1.807, 2.05) is 12.1 Å². The van der Waals surface area contributed by atoms with E-state index in [0.29, 0.717) is 0 Å². The predicted molar refractivity (Wildman–Crippen MR) is 288 cm³/mol. The maximum Gasteiger partial charge on any atom is 0.123 e. The van der Waals surface area contributed by atoms with E-state index in [1.165, 1.54) is 321 Å². The maximum absolute atomic E-state index is 6.05. The molecule has 0 saturated heterocycles. The zero-order valence-corrected chi connectivity index (χ0v) is 44.2. The fraction of sp³-hybridized carbons (Fsp3) is 0.903. The number of unbranched alkanes of at least 4 members (excludes halogenated alkanes) is 50. The summed E-state index contributed by atoms with van der Waals surface area (Å²) in [7, 11) is 0. The first-order valence-electron chi connectivity index (χ1n) is 30.1. The first-order chi connectivity index (χ1) is 31.9. The van der Waals surface area contributed by atoms with Gasteiger partial charge in [0.2, 0.25) is 0 Å². The van der Waals surface area contributed by atoms with Gasteiger partial charge in [0.1, 0.15) is 11.5 Å². The Kier molecular flexibility index (Phi) is 51.7. The normalized spacial score (nSPS) is 11.5. The number of benzene rings is 1. The molecule has 0 unspecified atom stereocenters. The van der Waals surface area contributed by atoms with Gasteiger partial charge in [0.15, 0.2) is 0 Å². The Balaban J connectivity index is 1.74. The molecule has 2 heteroatoms. The lowest BCUT2D eigenvalue weighted by Crippen LogP contribution is -2.00. The molecule has 0 aliphatic heterocycles. The van der Waals surface area contributed by atoms with Crippen molar-refractivity contribution in [2.24, 2.45) is 0 Å². The van der Waals surface area contributed by atoms with E-state index in [9.17, 15) is 0 Å². The van der Waals surface area contributed by atoms with Crippen LogP contribution in [0.25, 0.3) is 0 Å². The maximum atomic E-state index is 6.05. The summed E-state index contributed by atoms with van der Waals surface area (Å²) in [6.07, 6.45) is 74.5. The number of hydrogen-bond donors (Lipinski definition) is 0. The molecule has 0 spiro atoms. The van der Waals surface area contributed by atoms with E-state index in [1.54, 1.807) is 0 Å². The first kappa shape index (κ1) is 60.8. The van der Waals surface area contributed by atoms with Crippen LogP contribution in [-0.4, -0.2) is 13.2 Å². The zero-order chi connectivity index (χ0) is 45.6. The van der Waals surface area contributed by atoms with Crippen LogP contribution >= 0.6 is 0 Å². The third kappa shape index (κ3) is 48.7. The van der Waals surface area contributed by atoms with Gasteiger partial charge < -0.3 is 9.47 Å². The average Bonchev–Trinajstić information content (AvgIpc) is 3.31. The van der Waals surface area contributed by atoms with Crippen LogP contribution < -0.4 is 9.47 Å². The Morgan fingerprint density at radius 3 is 0.562 bits per heavy atom. The molecule has 0 amide bonds. The summed E-state index contributed by atoms with van der Waals surface area (Å²) in [5.74, 6) is 1.81. The molecule has 0 aromatic heterocycles. The summed E-state index contributed by atoms with van der Waals surface area (Å²) < 4.78 is 12.1. The van der Waals surface area contributed by atoms with Crippen molar-refractivity contribution in [3.63, 3.8) is 0 Å². The van der Waals surface area contributed by atoms with Crippen LogP contribution in [-0.2, 0) is 0 Å². The summed E-state index contributed by atoms with van der Waals surface area (Å²) >= 11 is 0. The highest BCUT2D eigenvalue weighted by molar-refractivity contribution is 5.32. The molecule has 64 heavy (non-hydrogen) atoms. The number of rotatable bonds is 56.